The lowest BCUT2D eigenvalue weighted by molar-refractivity contribution is -0.384. The zero-order chi connectivity index (χ0) is 19.7. The number of nitrogens with zero attached hydrogens (tertiary/aromatic N) is 1. The topological polar surface area (TPSA) is 86.5 Å². The zero-order valence-corrected chi connectivity index (χ0v) is 14.5. The fourth-order valence-electron chi connectivity index (χ4n) is 3.12. The average Bonchev–Trinajstić information content (AvgIpc) is 3.00. The summed E-state index contributed by atoms with van der Waals surface area (Å²) in [6, 6.07) is 21.1. The molecule has 6 heteroatoms. The third-order valence-corrected chi connectivity index (χ3v) is 4.42. The Balaban J connectivity index is 1.79. The molecule has 0 atom stereocenters. The highest BCUT2D eigenvalue weighted by atomic mass is 16.6. The molecule has 0 aliphatic heterocycles. The van der Waals surface area contributed by atoms with Crippen LogP contribution in [0.4, 0.5) is 5.69 Å². The van der Waals surface area contributed by atoms with Gasteiger partial charge in [-0.15, -0.1) is 0 Å². The molecule has 3 aromatic rings. The number of ether oxygens (including phenoxy) is 1. The van der Waals surface area contributed by atoms with E-state index in [1.807, 2.05) is 6.07 Å². The number of nitro groups is 1. The first-order chi connectivity index (χ1) is 13.6. The Hall–Kier alpha value is -4.06. The van der Waals surface area contributed by atoms with Crippen molar-refractivity contribution >= 4 is 28.8 Å². The van der Waals surface area contributed by atoms with E-state index in [2.05, 4.69) is 0 Å². The highest BCUT2D eigenvalue weighted by Gasteiger charge is 2.33. The molecule has 0 bridgehead atoms. The number of benzene rings is 3. The van der Waals surface area contributed by atoms with Crippen molar-refractivity contribution in [3.63, 3.8) is 0 Å². The van der Waals surface area contributed by atoms with Gasteiger partial charge in [0.2, 0.25) is 0 Å². The van der Waals surface area contributed by atoms with E-state index < -0.39 is 10.9 Å². The molecule has 0 N–H and O–H groups in total. The summed E-state index contributed by atoms with van der Waals surface area (Å²) in [5, 5.41) is 11.0. The Morgan fingerprint density at radius 3 is 2.25 bits per heavy atom. The van der Waals surface area contributed by atoms with Gasteiger partial charge in [-0.2, -0.15) is 0 Å². The molecule has 4 rings (SSSR count). The molecular weight excluding hydrogens is 358 g/mol. The van der Waals surface area contributed by atoms with Crippen LogP contribution in [0.1, 0.15) is 31.8 Å². The van der Waals surface area contributed by atoms with Crippen molar-refractivity contribution < 1.29 is 19.2 Å². The SMILES string of the molecule is O=C(OC1=C(c2ccccc2)C(=O)c2ccccc21)c1cccc([N+](=O)[O-])c1. The number of Topliss-reactive ketones (excluding diaryl/α,β-unsaturated/α-hetero) is 1. The number of esters is 1. The minimum absolute atomic E-state index is 0.0333. The van der Waals surface area contributed by atoms with Gasteiger partial charge >= 0.3 is 5.97 Å². The fourth-order valence-corrected chi connectivity index (χ4v) is 3.12. The second kappa shape index (κ2) is 6.92. The largest absolute Gasteiger partial charge is 0.421 e. The molecule has 1 aliphatic rings. The molecular formula is C22H13NO5. The van der Waals surface area contributed by atoms with Gasteiger partial charge in [-0.1, -0.05) is 60.7 Å². The Morgan fingerprint density at radius 1 is 0.857 bits per heavy atom. The molecule has 0 spiro atoms. The van der Waals surface area contributed by atoms with Crippen LogP contribution in [0, 0.1) is 10.1 Å². The number of non-ortho nitro benzene ring substituents is 1. The van der Waals surface area contributed by atoms with Crippen LogP contribution < -0.4 is 0 Å². The molecule has 136 valence electrons. The lowest BCUT2D eigenvalue weighted by Crippen LogP contribution is -2.06. The highest BCUT2D eigenvalue weighted by Crippen LogP contribution is 2.39. The van der Waals surface area contributed by atoms with E-state index in [9.17, 15) is 19.7 Å². The number of carbonyl (C=O) groups excluding carboxylic acids is 2. The van der Waals surface area contributed by atoms with Crippen molar-refractivity contribution in [2.45, 2.75) is 0 Å². The van der Waals surface area contributed by atoms with Crippen LogP contribution in [-0.4, -0.2) is 16.7 Å². The van der Waals surface area contributed by atoms with E-state index in [-0.39, 0.29) is 22.8 Å². The summed E-state index contributed by atoms with van der Waals surface area (Å²) in [4.78, 5) is 36.0. The molecule has 28 heavy (non-hydrogen) atoms. The summed E-state index contributed by atoms with van der Waals surface area (Å²) < 4.78 is 5.59. The van der Waals surface area contributed by atoms with E-state index in [1.54, 1.807) is 48.5 Å². The Bertz CT molecular complexity index is 1150. The summed E-state index contributed by atoms with van der Waals surface area (Å²) in [7, 11) is 0. The summed E-state index contributed by atoms with van der Waals surface area (Å²) >= 11 is 0. The van der Waals surface area contributed by atoms with E-state index in [4.69, 9.17) is 4.74 Å². The monoisotopic (exact) mass is 371 g/mol. The van der Waals surface area contributed by atoms with Crippen LogP contribution >= 0.6 is 0 Å². The van der Waals surface area contributed by atoms with Crippen molar-refractivity contribution in [1.82, 2.24) is 0 Å². The number of allylic oxidation sites excluding steroid dienone is 1. The number of carbonyl (C=O) groups is 2. The fraction of sp³-hybridized carbons (Fsp3) is 0. The number of fused-ring (bicyclic) bond motifs is 1. The molecule has 6 nitrogen and oxygen atoms in total. The summed E-state index contributed by atoms with van der Waals surface area (Å²) in [5.41, 5.74) is 1.71. The molecule has 0 unspecified atom stereocenters. The number of ketones is 1. The van der Waals surface area contributed by atoms with E-state index in [0.29, 0.717) is 22.3 Å². The first kappa shape index (κ1) is 17.4. The third-order valence-electron chi connectivity index (χ3n) is 4.42. The molecule has 0 saturated carbocycles. The molecule has 1 aliphatic carbocycles. The molecule has 0 aromatic heterocycles. The Morgan fingerprint density at radius 2 is 1.54 bits per heavy atom. The number of nitro benzene ring substituents is 1. The maximum atomic E-state index is 12.9. The van der Waals surface area contributed by atoms with Crippen LogP contribution in [0.25, 0.3) is 11.3 Å². The first-order valence-corrected chi connectivity index (χ1v) is 8.46. The predicted octanol–water partition coefficient (Wildman–Crippen LogP) is 4.52. The molecule has 0 saturated heterocycles. The van der Waals surface area contributed by atoms with Gasteiger partial charge < -0.3 is 4.74 Å². The van der Waals surface area contributed by atoms with Gasteiger partial charge in [0.1, 0.15) is 0 Å². The van der Waals surface area contributed by atoms with E-state index in [0.717, 1.165) is 6.07 Å². The highest BCUT2D eigenvalue weighted by molar-refractivity contribution is 6.39. The van der Waals surface area contributed by atoms with Crippen LogP contribution in [-0.2, 0) is 4.74 Å². The van der Waals surface area contributed by atoms with Crippen molar-refractivity contribution in [3.8, 4) is 0 Å². The first-order valence-electron chi connectivity index (χ1n) is 8.46. The zero-order valence-electron chi connectivity index (χ0n) is 14.5. The number of rotatable bonds is 4. The van der Waals surface area contributed by atoms with Gasteiger partial charge in [0.05, 0.1) is 16.1 Å². The second-order valence-electron chi connectivity index (χ2n) is 6.14. The normalized spacial score (nSPS) is 12.6. The second-order valence-corrected chi connectivity index (χ2v) is 6.14. The summed E-state index contributed by atoms with van der Waals surface area (Å²) in [6.07, 6.45) is 0. The van der Waals surface area contributed by atoms with Crippen molar-refractivity contribution in [2.24, 2.45) is 0 Å². The molecule has 3 aromatic carbocycles. The lowest BCUT2D eigenvalue weighted by Gasteiger charge is -2.09. The number of hydrogen-bond acceptors (Lipinski definition) is 5. The summed E-state index contributed by atoms with van der Waals surface area (Å²) in [5.74, 6) is -0.844. The van der Waals surface area contributed by atoms with Crippen molar-refractivity contribution in [3.05, 3.63) is 111 Å². The van der Waals surface area contributed by atoms with Crippen LogP contribution in [0.15, 0.2) is 78.9 Å². The van der Waals surface area contributed by atoms with Crippen LogP contribution in [0.5, 0.6) is 0 Å². The van der Waals surface area contributed by atoms with E-state index >= 15 is 0 Å². The Labute approximate surface area is 159 Å². The third kappa shape index (κ3) is 2.97. The maximum absolute atomic E-state index is 12.9. The van der Waals surface area contributed by atoms with Gasteiger partial charge in [0, 0.05) is 23.3 Å². The molecule has 0 radical (unpaired) electrons. The molecule has 0 amide bonds. The quantitative estimate of drug-likeness (QED) is 0.382. The molecule has 0 heterocycles. The van der Waals surface area contributed by atoms with Gasteiger partial charge in [0.25, 0.3) is 5.69 Å². The summed E-state index contributed by atoms with van der Waals surface area (Å²) in [6.45, 7) is 0. The minimum Gasteiger partial charge on any atom is -0.421 e. The van der Waals surface area contributed by atoms with E-state index in [1.165, 1.54) is 18.2 Å². The average molecular weight is 371 g/mol. The Kier molecular flexibility index (Phi) is 4.29. The maximum Gasteiger partial charge on any atom is 0.343 e. The van der Waals surface area contributed by atoms with Crippen LogP contribution in [0.3, 0.4) is 0 Å². The number of hydrogen-bond donors (Lipinski definition) is 0. The minimum atomic E-state index is -0.767. The van der Waals surface area contributed by atoms with Crippen molar-refractivity contribution in [2.75, 3.05) is 0 Å². The predicted molar refractivity (Wildman–Crippen MR) is 103 cm³/mol. The van der Waals surface area contributed by atoms with Crippen LogP contribution in [0.2, 0.25) is 0 Å². The van der Waals surface area contributed by atoms with Gasteiger partial charge in [-0.3, -0.25) is 14.9 Å². The van der Waals surface area contributed by atoms with Gasteiger partial charge in [0.15, 0.2) is 11.5 Å². The van der Waals surface area contributed by atoms with Gasteiger partial charge in [-0.25, -0.2) is 4.79 Å². The van der Waals surface area contributed by atoms with Crippen molar-refractivity contribution in [1.29, 1.82) is 0 Å². The molecule has 0 fully saturated rings. The van der Waals surface area contributed by atoms with Gasteiger partial charge in [-0.05, 0) is 11.6 Å². The lowest BCUT2D eigenvalue weighted by atomic mass is 10.0. The standard InChI is InChI=1S/C22H13NO5/c24-20-17-11-4-5-12-18(17)21(19(20)14-7-2-1-3-8-14)28-22(25)15-9-6-10-16(13-15)23(26)27/h1-13H. The smallest absolute Gasteiger partial charge is 0.343 e.